The minimum Gasteiger partial charge on any atom is -0.469 e. The number of likely N-dealkylation sites (tertiary alicyclic amines) is 1. The molecule has 2 atom stereocenters. The molecule has 1 aliphatic heterocycles. The van der Waals surface area contributed by atoms with Gasteiger partial charge in [-0.3, -0.25) is 9.69 Å². The maximum Gasteiger partial charge on any atom is 0.410 e. The molecule has 1 amide bonds. The van der Waals surface area contributed by atoms with Crippen LogP contribution in [-0.4, -0.2) is 42.8 Å². The Morgan fingerprint density at radius 1 is 1.25 bits per heavy atom. The summed E-state index contributed by atoms with van der Waals surface area (Å²) in [6.07, 6.45) is -5.55. The van der Waals surface area contributed by atoms with Crippen molar-refractivity contribution in [2.75, 3.05) is 13.7 Å². The van der Waals surface area contributed by atoms with Gasteiger partial charge in [-0.05, 0) is 18.4 Å². The number of piperidine rings is 1. The summed E-state index contributed by atoms with van der Waals surface area (Å²) in [5.74, 6) is -2.41. The fourth-order valence-electron chi connectivity index (χ4n) is 2.81. The van der Waals surface area contributed by atoms with Crippen molar-refractivity contribution < 1.29 is 32.2 Å². The Bertz CT molecular complexity index is 576. The van der Waals surface area contributed by atoms with E-state index in [1.807, 2.05) is 0 Å². The third kappa shape index (κ3) is 4.18. The van der Waals surface area contributed by atoms with Crippen LogP contribution in [0.2, 0.25) is 0 Å². The lowest BCUT2D eigenvalue weighted by Gasteiger charge is -2.39. The third-order valence-corrected chi connectivity index (χ3v) is 3.91. The number of carbonyl (C=O) groups excluding carboxylic acids is 2. The van der Waals surface area contributed by atoms with Gasteiger partial charge in [-0.15, -0.1) is 0 Å². The van der Waals surface area contributed by atoms with Gasteiger partial charge in [0.15, 0.2) is 0 Å². The summed E-state index contributed by atoms with van der Waals surface area (Å²) in [5, 5.41) is 0. The topological polar surface area (TPSA) is 55.8 Å². The molecule has 0 aliphatic carbocycles. The lowest BCUT2D eigenvalue weighted by Crippen LogP contribution is -2.57. The predicted molar refractivity (Wildman–Crippen MR) is 77.9 cm³/mol. The van der Waals surface area contributed by atoms with Crippen molar-refractivity contribution in [3.8, 4) is 0 Å². The summed E-state index contributed by atoms with van der Waals surface area (Å²) in [6.45, 7) is -0.255. The fourth-order valence-corrected chi connectivity index (χ4v) is 2.81. The van der Waals surface area contributed by atoms with Crippen molar-refractivity contribution in [3.05, 3.63) is 35.9 Å². The fraction of sp³-hybridized carbons (Fsp3) is 0.500. The first kappa shape index (κ1) is 18.1. The molecule has 1 aromatic carbocycles. The number of rotatable bonds is 3. The summed E-state index contributed by atoms with van der Waals surface area (Å²) < 4.78 is 49.7. The minimum atomic E-state index is -4.74. The number of benzene rings is 1. The standard InChI is InChI=1S/C16H18F3NO4/c1-23-14(21)12-8-5-9-20(13(12)16(17,18)19)15(22)24-10-11-6-3-2-4-7-11/h2-4,6-7,12-13H,5,8-10H2,1H3. The van der Waals surface area contributed by atoms with E-state index in [-0.39, 0.29) is 26.0 Å². The molecule has 1 fully saturated rings. The van der Waals surface area contributed by atoms with E-state index in [4.69, 9.17) is 4.74 Å². The number of halogens is 3. The number of nitrogens with zero attached hydrogens (tertiary/aromatic N) is 1. The van der Waals surface area contributed by atoms with Crippen LogP contribution in [0.1, 0.15) is 18.4 Å². The molecule has 1 aromatic rings. The summed E-state index contributed by atoms with van der Waals surface area (Å²) in [4.78, 5) is 24.4. The van der Waals surface area contributed by atoms with E-state index >= 15 is 0 Å². The highest BCUT2D eigenvalue weighted by molar-refractivity contribution is 5.76. The van der Waals surface area contributed by atoms with Gasteiger partial charge in [0.1, 0.15) is 12.6 Å². The van der Waals surface area contributed by atoms with E-state index in [0.717, 1.165) is 7.11 Å². The van der Waals surface area contributed by atoms with Crippen LogP contribution in [0.3, 0.4) is 0 Å². The van der Waals surface area contributed by atoms with E-state index in [1.165, 1.54) is 0 Å². The van der Waals surface area contributed by atoms with E-state index in [2.05, 4.69) is 4.74 Å². The quantitative estimate of drug-likeness (QED) is 0.790. The summed E-state index contributed by atoms with van der Waals surface area (Å²) in [5.41, 5.74) is 0.663. The van der Waals surface area contributed by atoms with Crippen LogP contribution < -0.4 is 0 Å². The average molecular weight is 345 g/mol. The van der Waals surface area contributed by atoms with Crippen LogP contribution in [0, 0.1) is 5.92 Å². The molecule has 1 heterocycles. The lowest BCUT2D eigenvalue weighted by molar-refractivity contribution is -0.206. The average Bonchev–Trinajstić information content (AvgIpc) is 2.58. The Morgan fingerprint density at radius 2 is 1.92 bits per heavy atom. The highest BCUT2D eigenvalue weighted by Gasteiger charge is 2.54. The van der Waals surface area contributed by atoms with Crippen molar-refractivity contribution in [2.24, 2.45) is 5.92 Å². The molecule has 1 aliphatic rings. The van der Waals surface area contributed by atoms with Crippen molar-refractivity contribution >= 4 is 12.1 Å². The first-order valence-corrected chi connectivity index (χ1v) is 7.46. The number of hydrogen-bond acceptors (Lipinski definition) is 4. The zero-order valence-corrected chi connectivity index (χ0v) is 13.1. The molecular weight excluding hydrogens is 327 g/mol. The zero-order chi connectivity index (χ0) is 17.7. The Kier molecular flexibility index (Phi) is 5.69. The number of ether oxygens (including phenoxy) is 2. The van der Waals surface area contributed by atoms with E-state index in [1.54, 1.807) is 30.3 Å². The molecule has 0 radical (unpaired) electrons. The number of esters is 1. The summed E-state index contributed by atoms with van der Waals surface area (Å²) in [7, 11) is 1.03. The lowest BCUT2D eigenvalue weighted by atomic mass is 9.89. The van der Waals surface area contributed by atoms with E-state index < -0.39 is 30.2 Å². The van der Waals surface area contributed by atoms with Gasteiger partial charge in [0.25, 0.3) is 0 Å². The first-order chi connectivity index (χ1) is 11.3. The molecule has 0 aromatic heterocycles. The smallest absolute Gasteiger partial charge is 0.410 e. The number of amides is 1. The van der Waals surface area contributed by atoms with Crippen molar-refractivity contribution in [1.29, 1.82) is 0 Å². The number of carbonyl (C=O) groups is 2. The Labute approximate surface area is 137 Å². The zero-order valence-electron chi connectivity index (χ0n) is 13.1. The molecule has 0 N–H and O–H groups in total. The number of methoxy groups -OCH3 is 1. The Balaban J connectivity index is 2.13. The monoisotopic (exact) mass is 345 g/mol. The second kappa shape index (κ2) is 7.55. The molecule has 2 rings (SSSR count). The maximum atomic E-state index is 13.4. The summed E-state index contributed by atoms with van der Waals surface area (Å²) in [6, 6.07) is 6.40. The van der Waals surface area contributed by atoms with Crippen LogP contribution >= 0.6 is 0 Å². The van der Waals surface area contributed by atoms with Crippen molar-refractivity contribution in [2.45, 2.75) is 31.7 Å². The van der Waals surface area contributed by atoms with Crippen molar-refractivity contribution in [3.63, 3.8) is 0 Å². The van der Waals surface area contributed by atoms with Crippen LogP contribution in [0.5, 0.6) is 0 Å². The molecule has 0 spiro atoms. The van der Waals surface area contributed by atoms with Gasteiger partial charge in [-0.2, -0.15) is 13.2 Å². The highest BCUT2D eigenvalue weighted by Crippen LogP contribution is 2.36. The van der Waals surface area contributed by atoms with Crippen LogP contribution in [0.25, 0.3) is 0 Å². The predicted octanol–water partition coefficient (Wildman–Crippen LogP) is 3.14. The van der Waals surface area contributed by atoms with Gasteiger partial charge in [-0.1, -0.05) is 30.3 Å². The van der Waals surface area contributed by atoms with E-state index in [9.17, 15) is 22.8 Å². The van der Waals surface area contributed by atoms with Gasteiger partial charge in [0.2, 0.25) is 0 Å². The van der Waals surface area contributed by atoms with Gasteiger partial charge >= 0.3 is 18.2 Å². The molecule has 0 saturated carbocycles. The third-order valence-electron chi connectivity index (χ3n) is 3.91. The second-order valence-electron chi connectivity index (χ2n) is 5.49. The van der Waals surface area contributed by atoms with Gasteiger partial charge in [0.05, 0.1) is 13.0 Å². The molecule has 132 valence electrons. The molecule has 8 heteroatoms. The largest absolute Gasteiger partial charge is 0.469 e. The maximum absolute atomic E-state index is 13.4. The minimum absolute atomic E-state index is 0.0132. The van der Waals surface area contributed by atoms with Gasteiger partial charge in [-0.25, -0.2) is 4.79 Å². The molecule has 24 heavy (non-hydrogen) atoms. The number of hydrogen-bond donors (Lipinski definition) is 0. The van der Waals surface area contributed by atoms with Crippen LogP contribution in [-0.2, 0) is 20.9 Å². The number of alkyl halides is 3. The molecular formula is C16H18F3NO4. The Morgan fingerprint density at radius 3 is 2.50 bits per heavy atom. The molecule has 1 saturated heterocycles. The van der Waals surface area contributed by atoms with Crippen molar-refractivity contribution in [1.82, 2.24) is 4.90 Å². The highest BCUT2D eigenvalue weighted by atomic mass is 19.4. The molecule has 5 nitrogen and oxygen atoms in total. The van der Waals surface area contributed by atoms with Gasteiger partial charge in [0, 0.05) is 6.54 Å². The molecule has 0 bridgehead atoms. The van der Waals surface area contributed by atoms with Crippen LogP contribution in [0.4, 0.5) is 18.0 Å². The molecule has 2 unspecified atom stereocenters. The van der Waals surface area contributed by atoms with Gasteiger partial charge < -0.3 is 9.47 Å². The van der Waals surface area contributed by atoms with Crippen LogP contribution in [0.15, 0.2) is 30.3 Å². The SMILES string of the molecule is COC(=O)C1CCCN(C(=O)OCc2ccccc2)C1C(F)(F)F. The van der Waals surface area contributed by atoms with E-state index in [0.29, 0.717) is 10.5 Å². The normalized spacial score (nSPS) is 21.2. The Hall–Kier alpha value is -2.25. The second-order valence-corrected chi connectivity index (χ2v) is 5.49. The first-order valence-electron chi connectivity index (χ1n) is 7.46. The summed E-state index contributed by atoms with van der Waals surface area (Å²) >= 11 is 0.